The predicted molar refractivity (Wildman–Crippen MR) is 75.0 cm³/mol. The molecule has 0 saturated carbocycles. The van der Waals surface area contributed by atoms with Crippen molar-refractivity contribution < 1.29 is 9.53 Å². The first-order chi connectivity index (χ1) is 9.22. The van der Waals surface area contributed by atoms with Crippen LogP contribution in [0.2, 0.25) is 0 Å². The fourth-order valence-electron chi connectivity index (χ4n) is 1.85. The summed E-state index contributed by atoms with van der Waals surface area (Å²) in [7, 11) is 0. The van der Waals surface area contributed by atoms with Gasteiger partial charge in [-0.3, -0.25) is 4.79 Å². The standard InChI is InChI=1S/C16H15NO2/c1-2-15(19-12-8-4-3-5-9-12)13-10-6-7-11-14(13)16(17)18/h2-11,15H,1H2,(H2,17,18). The van der Waals surface area contributed by atoms with E-state index in [-0.39, 0.29) is 0 Å². The highest BCUT2D eigenvalue weighted by Gasteiger charge is 2.16. The van der Waals surface area contributed by atoms with Crippen LogP contribution in [0.1, 0.15) is 22.0 Å². The van der Waals surface area contributed by atoms with Crippen LogP contribution in [0.3, 0.4) is 0 Å². The third kappa shape index (κ3) is 3.01. The molecule has 0 radical (unpaired) electrons. The number of ether oxygens (including phenoxy) is 1. The van der Waals surface area contributed by atoms with Crippen molar-refractivity contribution in [1.29, 1.82) is 0 Å². The van der Waals surface area contributed by atoms with Crippen molar-refractivity contribution in [2.75, 3.05) is 0 Å². The molecule has 2 N–H and O–H groups in total. The Labute approximate surface area is 112 Å². The summed E-state index contributed by atoms with van der Waals surface area (Å²) in [6.07, 6.45) is 1.24. The van der Waals surface area contributed by atoms with E-state index >= 15 is 0 Å². The van der Waals surface area contributed by atoms with Crippen LogP contribution in [0.15, 0.2) is 67.3 Å². The Morgan fingerprint density at radius 2 is 1.74 bits per heavy atom. The topological polar surface area (TPSA) is 52.3 Å². The Hall–Kier alpha value is -2.55. The van der Waals surface area contributed by atoms with Crippen LogP contribution in [-0.4, -0.2) is 5.91 Å². The quantitative estimate of drug-likeness (QED) is 0.832. The summed E-state index contributed by atoms with van der Waals surface area (Å²) in [5.41, 5.74) is 6.54. The zero-order chi connectivity index (χ0) is 13.7. The minimum absolute atomic E-state index is 0.411. The highest BCUT2D eigenvalue weighted by atomic mass is 16.5. The molecule has 3 heteroatoms. The van der Waals surface area contributed by atoms with Gasteiger partial charge in [-0.2, -0.15) is 0 Å². The number of primary amides is 1. The van der Waals surface area contributed by atoms with Gasteiger partial charge in [-0.1, -0.05) is 43.0 Å². The summed E-state index contributed by atoms with van der Waals surface area (Å²) in [4.78, 5) is 11.4. The van der Waals surface area contributed by atoms with Gasteiger partial charge in [0.2, 0.25) is 5.91 Å². The molecular weight excluding hydrogens is 238 g/mol. The van der Waals surface area contributed by atoms with Crippen molar-refractivity contribution in [2.24, 2.45) is 5.73 Å². The second kappa shape index (κ2) is 5.87. The van der Waals surface area contributed by atoms with E-state index in [0.29, 0.717) is 16.9 Å². The monoisotopic (exact) mass is 253 g/mol. The van der Waals surface area contributed by atoms with E-state index in [1.54, 1.807) is 18.2 Å². The maximum absolute atomic E-state index is 11.4. The van der Waals surface area contributed by atoms with Crippen LogP contribution < -0.4 is 10.5 Å². The third-order valence-corrected chi connectivity index (χ3v) is 2.75. The van der Waals surface area contributed by atoms with E-state index in [1.165, 1.54) is 0 Å². The second-order valence-electron chi connectivity index (χ2n) is 4.04. The highest BCUT2D eigenvalue weighted by molar-refractivity contribution is 5.94. The van der Waals surface area contributed by atoms with Crippen LogP contribution >= 0.6 is 0 Å². The minimum Gasteiger partial charge on any atom is -0.482 e. The molecule has 1 atom stereocenters. The smallest absolute Gasteiger partial charge is 0.249 e. The largest absolute Gasteiger partial charge is 0.482 e. The van der Waals surface area contributed by atoms with Crippen molar-refractivity contribution in [3.8, 4) is 5.75 Å². The minimum atomic E-state index is -0.473. The van der Waals surface area contributed by atoms with E-state index in [9.17, 15) is 4.79 Å². The molecule has 0 aliphatic heterocycles. The number of hydrogen-bond acceptors (Lipinski definition) is 2. The van der Waals surface area contributed by atoms with Gasteiger partial charge in [0.05, 0.1) is 0 Å². The molecule has 2 aromatic rings. The van der Waals surface area contributed by atoms with E-state index < -0.39 is 12.0 Å². The Balaban J connectivity index is 2.32. The zero-order valence-electron chi connectivity index (χ0n) is 10.5. The lowest BCUT2D eigenvalue weighted by Gasteiger charge is -2.18. The van der Waals surface area contributed by atoms with Gasteiger partial charge in [0, 0.05) is 11.1 Å². The van der Waals surface area contributed by atoms with Gasteiger partial charge in [0.1, 0.15) is 11.9 Å². The number of rotatable bonds is 5. The van der Waals surface area contributed by atoms with Gasteiger partial charge < -0.3 is 10.5 Å². The van der Waals surface area contributed by atoms with Crippen molar-refractivity contribution in [2.45, 2.75) is 6.10 Å². The first-order valence-electron chi connectivity index (χ1n) is 5.95. The first kappa shape index (κ1) is 12.9. The van der Waals surface area contributed by atoms with Crippen molar-refractivity contribution in [3.05, 3.63) is 78.4 Å². The average molecular weight is 253 g/mol. The summed E-state index contributed by atoms with van der Waals surface area (Å²) in [5.74, 6) is 0.241. The molecule has 0 fully saturated rings. The molecule has 0 aromatic heterocycles. The van der Waals surface area contributed by atoms with E-state index in [4.69, 9.17) is 10.5 Å². The van der Waals surface area contributed by atoms with E-state index in [2.05, 4.69) is 6.58 Å². The Kier molecular flexibility index (Phi) is 3.98. The van der Waals surface area contributed by atoms with Gasteiger partial charge >= 0.3 is 0 Å². The molecular formula is C16H15NO2. The molecule has 0 aliphatic rings. The Morgan fingerprint density at radius 1 is 1.11 bits per heavy atom. The van der Waals surface area contributed by atoms with Gasteiger partial charge in [-0.05, 0) is 24.3 Å². The molecule has 3 nitrogen and oxygen atoms in total. The lowest BCUT2D eigenvalue weighted by atomic mass is 10.0. The molecule has 2 rings (SSSR count). The molecule has 19 heavy (non-hydrogen) atoms. The van der Waals surface area contributed by atoms with Crippen LogP contribution in [-0.2, 0) is 0 Å². The van der Waals surface area contributed by atoms with Gasteiger partial charge in [-0.15, -0.1) is 0 Å². The molecule has 0 bridgehead atoms. The van der Waals surface area contributed by atoms with Crippen molar-refractivity contribution >= 4 is 5.91 Å². The second-order valence-corrected chi connectivity index (χ2v) is 4.04. The summed E-state index contributed by atoms with van der Waals surface area (Å²) in [6, 6.07) is 16.5. The molecule has 0 spiro atoms. The van der Waals surface area contributed by atoms with E-state index in [0.717, 1.165) is 0 Å². The zero-order valence-corrected chi connectivity index (χ0v) is 10.5. The summed E-state index contributed by atoms with van der Waals surface area (Å²) < 4.78 is 5.81. The number of carbonyl (C=O) groups excluding carboxylic acids is 1. The van der Waals surface area contributed by atoms with Gasteiger partial charge in [0.15, 0.2) is 0 Å². The number of hydrogen-bond donors (Lipinski definition) is 1. The maximum Gasteiger partial charge on any atom is 0.249 e. The van der Waals surface area contributed by atoms with Gasteiger partial charge in [-0.25, -0.2) is 0 Å². The predicted octanol–water partition coefficient (Wildman–Crippen LogP) is 3.09. The fourth-order valence-corrected chi connectivity index (χ4v) is 1.85. The molecule has 1 unspecified atom stereocenters. The normalized spacial score (nSPS) is 11.6. The van der Waals surface area contributed by atoms with Crippen molar-refractivity contribution in [1.82, 2.24) is 0 Å². The molecule has 0 aliphatic carbocycles. The summed E-state index contributed by atoms with van der Waals surface area (Å²) in [6.45, 7) is 3.76. The lowest BCUT2D eigenvalue weighted by molar-refractivity contribution is 0.0996. The maximum atomic E-state index is 11.4. The Morgan fingerprint density at radius 3 is 2.37 bits per heavy atom. The Bertz CT molecular complexity index is 578. The number of amides is 1. The third-order valence-electron chi connectivity index (χ3n) is 2.75. The lowest BCUT2D eigenvalue weighted by Crippen LogP contribution is -2.17. The first-order valence-corrected chi connectivity index (χ1v) is 5.95. The number of para-hydroxylation sites is 1. The summed E-state index contributed by atoms with van der Waals surface area (Å²) >= 11 is 0. The number of carbonyl (C=O) groups is 1. The van der Waals surface area contributed by atoms with E-state index in [1.807, 2.05) is 42.5 Å². The molecule has 1 amide bonds. The SMILES string of the molecule is C=CC(Oc1ccccc1)c1ccccc1C(N)=O. The van der Waals surface area contributed by atoms with Crippen LogP contribution in [0, 0.1) is 0 Å². The van der Waals surface area contributed by atoms with Crippen molar-refractivity contribution in [3.63, 3.8) is 0 Å². The number of nitrogens with two attached hydrogens (primary N) is 1. The molecule has 0 saturated heterocycles. The van der Waals surface area contributed by atoms with Crippen LogP contribution in [0.4, 0.5) is 0 Å². The summed E-state index contributed by atoms with van der Waals surface area (Å²) in [5, 5.41) is 0. The van der Waals surface area contributed by atoms with Gasteiger partial charge in [0.25, 0.3) is 0 Å². The molecule has 0 heterocycles. The number of benzene rings is 2. The molecule has 2 aromatic carbocycles. The van der Waals surface area contributed by atoms with Crippen LogP contribution in [0.25, 0.3) is 0 Å². The van der Waals surface area contributed by atoms with Crippen LogP contribution in [0.5, 0.6) is 5.75 Å². The fraction of sp³-hybridized carbons (Fsp3) is 0.0625. The molecule has 96 valence electrons. The highest BCUT2D eigenvalue weighted by Crippen LogP contribution is 2.25. The average Bonchev–Trinajstić information content (AvgIpc) is 2.46.